The maximum Gasteiger partial charge on any atom is 0.238 e. The number of nitrogens with zero attached hydrogens (tertiary/aromatic N) is 2. The molecule has 1 N–H and O–H groups in total. The molecule has 1 fully saturated rings. The van der Waals surface area contributed by atoms with Crippen LogP contribution in [0.4, 0.5) is 5.69 Å². The molecule has 0 heterocycles. The second-order valence-corrected chi connectivity index (χ2v) is 6.46. The van der Waals surface area contributed by atoms with E-state index >= 15 is 0 Å². The lowest BCUT2D eigenvalue weighted by Gasteiger charge is -2.26. The van der Waals surface area contributed by atoms with Crippen LogP contribution in [-0.2, 0) is 4.79 Å². The van der Waals surface area contributed by atoms with E-state index in [4.69, 9.17) is 16.9 Å². The molecule has 4 nitrogen and oxygen atoms in total. The molecule has 0 aromatic heterocycles. The molecule has 1 amide bonds. The third-order valence-electron chi connectivity index (χ3n) is 4.08. The number of hydrogen-bond donors (Lipinski definition) is 1. The van der Waals surface area contributed by atoms with Crippen molar-refractivity contribution < 1.29 is 4.79 Å². The first-order chi connectivity index (χ1) is 10.6. The summed E-state index contributed by atoms with van der Waals surface area (Å²) in [5.41, 5.74) is 1.04. The van der Waals surface area contributed by atoms with E-state index in [1.807, 2.05) is 13.1 Å². The molecule has 0 spiro atoms. The molecule has 22 heavy (non-hydrogen) atoms. The summed E-state index contributed by atoms with van der Waals surface area (Å²) in [6.07, 6.45) is 6.53. The molecule has 0 radical (unpaired) electrons. The van der Waals surface area contributed by atoms with Crippen molar-refractivity contribution in [1.82, 2.24) is 4.90 Å². The van der Waals surface area contributed by atoms with Crippen LogP contribution < -0.4 is 5.32 Å². The number of anilines is 1. The monoisotopic (exact) mass is 319 g/mol. The van der Waals surface area contributed by atoms with E-state index in [1.54, 1.807) is 18.2 Å². The Morgan fingerprint density at radius 3 is 2.77 bits per heavy atom. The van der Waals surface area contributed by atoms with Crippen molar-refractivity contribution in [2.75, 3.05) is 25.5 Å². The highest BCUT2D eigenvalue weighted by molar-refractivity contribution is 6.32. The fourth-order valence-electron chi connectivity index (χ4n) is 3.00. The number of amides is 1. The van der Waals surface area contributed by atoms with Crippen molar-refractivity contribution in [3.8, 4) is 6.07 Å². The number of hydrogen-bond acceptors (Lipinski definition) is 3. The zero-order chi connectivity index (χ0) is 15.9. The Labute approximate surface area is 137 Å². The number of benzene rings is 1. The molecule has 0 aliphatic heterocycles. The smallest absolute Gasteiger partial charge is 0.238 e. The number of rotatable bonds is 5. The van der Waals surface area contributed by atoms with Gasteiger partial charge in [-0.3, -0.25) is 9.69 Å². The summed E-state index contributed by atoms with van der Waals surface area (Å²) in [5.74, 6) is 0.662. The van der Waals surface area contributed by atoms with Gasteiger partial charge in [0.05, 0.1) is 17.1 Å². The second-order valence-electron chi connectivity index (χ2n) is 6.06. The summed E-state index contributed by atoms with van der Waals surface area (Å²) < 4.78 is 0. The molecule has 118 valence electrons. The van der Waals surface area contributed by atoms with Gasteiger partial charge in [-0.05, 0) is 44.0 Å². The van der Waals surface area contributed by atoms with E-state index in [2.05, 4.69) is 10.2 Å². The van der Waals surface area contributed by atoms with E-state index in [-0.39, 0.29) is 5.91 Å². The van der Waals surface area contributed by atoms with Gasteiger partial charge < -0.3 is 5.32 Å². The molecule has 0 unspecified atom stereocenters. The van der Waals surface area contributed by atoms with E-state index < -0.39 is 0 Å². The molecular weight excluding hydrogens is 298 g/mol. The molecule has 2 rings (SSSR count). The summed E-state index contributed by atoms with van der Waals surface area (Å²) >= 11 is 5.96. The van der Waals surface area contributed by atoms with Gasteiger partial charge in [0.15, 0.2) is 0 Å². The second kappa shape index (κ2) is 8.17. The summed E-state index contributed by atoms with van der Waals surface area (Å²) in [7, 11) is 1.99. The van der Waals surface area contributed by atoms with Gasteiger partial charge in [0.25, 0.3) is 0 Å². The van der Waals surface area contributed by atoms with E-state index in [0.29, 0.717) is 22.8 Å². The largest absolute Gasteiger partial charge is 0.325 e. The third kappa shape index (κ3) is 5.01. The van der Waals surface area contributed by atoms with Crippen molar-refractivity contribution in [2.45, 2.75) is 32.1 Å². The fraction of sp³-hybridized carbons (Fsp3) is 0.529. The normalized spacial score (nSPS) is 15.5. The molecule has 1 aromatic rings. The number of carbonyl (C=O) groups excluding carboxylic acids is 1. The van der Waals surface area contributed by atoms with Crippen LogP contribution in [0.1, 0.15) is 37.7 Å². The topological polar surface area (TPSA) is 56.1 Å². The summed E-state index contributed by atoms with van der Waals surface area (Å²) in [6.45, 7) is 1.34. The zero-order valence-corrected chi connectivity index (χ0v) is 13.7. The predicted octanol–water partition coefficient (Wildman–Crippen LogP) is 3.66. The van der Waals surface area contributed by atoms with Gasteiger partial charge in [0.2, 0.25) is 5.91 Å². The van der Waals surface area contributed by atoms with Crippen LogP contribution in [0.15, 0.2) is 18.2 Å². The Balaban J connectivity index is 1.81. The Hall–Kier alpha value is -1.57. The highest BCUT2D eigenvalue weighted by Gasteiger charge is 2.16. The summed E-state index contributed by atoms with van der Waals surface area (Å²) in [6, 6.07) is 6.92. The zero-order valence-electron chi connectivity index (χ0n) is 12.9. The minimum atomic E-state index is -0.0564. The average molecular weight is 320 g/mol. The minimum Gasteiger partial charge on any atom is -0.325 e. The highest BCUT2D eigenvalue weighted by atomic mass is 35.5. The molecule has 1 aliphatic carbocycles. The highest BCUT2D eigenvalue weighted by Crippen LogP contribution is 2.24. The maximum absolute atomic E-state index is 12.1. The van der Waals surface area contributed by atoms with Gasteiger partial charge in [0, 0.05) is 12.2 Å². The number of carbonyl (C=O) groups is 1. The number of likely N-dealkylation sites (N-methyl/N-ethyl adjacent to an activating group) is 1. The lowest BCUT2D eigenvalue weighted by atomic mass is 9.89. The number of halogens is 1. The van der Waals surface area contributed by atoms with Crippen LogP contribution >= 0.6 is 11.6 Å². The van der Waals surface area contributed by atoms with E-state index in [0.717, 1.165) is 12.5 Å². The molecular formula is C17H22ClN3O. The Bertz CT molecular complexity index is 562. The van der Waals surface area contributed by atoms with Crippen LogP contribution in [0.3, 0.4) is 0 Å². The van der Waals surface area contributed by atoms with Gasteiger partial charge in [-0.2, -0.15) is 5.26 Å². The van der Waals surface area contributed by atoms with Gasteiger partial charge in [0.1, 0.15) is 6.07 Å². The number of nitriles is 1. The van der Waals surface area contributed by atoms with E-state index in [1.165, 1.54) is 32.1 Å². The Morgan fingerprint density at radius 2 is 2.14 bits per heavy atom. The lowest BCUT2D eigenvalue weighted by molar-refractivity contribution is -0.117. The molecule has 1 saturated carbocycles. The molecule has 0 saturated heterocycles. The van der Waals surface area contributed by atoms with Crippen LogP contribution in [0.25, 0.3) is 0 Å². The quantitative estimate of drug-likeness (QED) is 0.901. The van der Waals surface area contributed by atoms with Crippen molar-refractivity contribution in [2.24, 2.45) is 5.92 Å². The van der Waals surface area contributed by atoms with Gasteiger partial charge in [-0.25, -0.2) is 0 Å². The average Bonchev–Trinajstić information content (AvgIpc) is 2.48. The molecule has 5 heteroatoms. The van der Waals surface area contributed by atoms with Crippen LogP contribution in [0, 0.1) is 17.2 Å². The third-order valence-corrected chi connectivity index (χ3v) is 4.39. The first-order valence-electron chi connectivity index (χ1n) is 7.76. The molecule has 0 bridgehead atoms. The SMILES string of the molecule is CN(CC(=O)Nc1ccc(C#N)c(Cl)c1)CC1CCCCC1. The van der Waals surface area contributed by atoms with Gasteiger partial charge >= 0.3 is 0 Å². The Kier molecular flexibility index (Phi) is 6.23. The first-order valence-corrected chi connectivity index (χ1v) is 8.14. The van der Waals surface area contributed by atoms with Crippen molar-refractivity contribution >= 4 is 23.2 Å². The summed E-state index contributed by atoms with van der Waals surface area (Å²) in [5, 5.41) is 12.0. The van der Waals surface area contributed by atoms with Crippen molar-refractivity contribution in [3.05, 3.63) is 28.8 Å². The number of nitrogens with one attached hydrogen (secondary N) is 1. The van der Waals surface area contributed by atoms with E-state index in [9.17, 15) is 4.79 Å². The fourth-order valence-corrected chi connectivity index (χ4v) is 3.23. The van der Waals surface area contributed by atoms with Crippen LogP contribution in [-0.4, -0.2) is 30.9 Å². The molecule has 0 atom stereocenters. The standard InChI is InChI=1S/C17H22ClN3O/c1-21(11-13-5-3-2-4-6-13)12-17(22)20-15-8-7-14(10-19)16(18)9-15/h7-9,13H,2-6,11-12H2,1H3,(H,20,22). The van der Waals surface area contributed by atoms with Crippen molar-refractivity contribution in [1.29, 1.82) is 5.26 Å². The van der Waals surface area contributed by atoms with Crippen LogP contribution in [0.2, 0.25) is 5.02 Å². The lowest BCUT2D eigenvalue weighted by Crippen LogP contribution is -2.34. The molecule has 1 aliphatic rings. The minimum absolute atomic E-state index is 0.0564. The van der Waals surface area contributed by atoms with Gasteiger partial charge in [-0.1, -0.05) is 30.9 Å². The Morgan fingerprint density at radius 1 is 1.41 bits per heavy atom. The predicted molar refractivity (Wildman–Crippen MR) is 88.9 cm³/mol. The maximum atomic E-state index is 12.1. The van der Waals surface area contributed by atoms with Gasteiger partial charge in [-0.15, -0.1) is 0 Å². The molecule has 1 aromatic carbocycles. The van der Waals surface area contributed by atoms with Crippen molar-refractivity contribution in [3.63, 3.8) is 0 Å². The van der Waals surface area contributed by atoms with Crippen LogP contribution in [0.5, 0.6) is 0 Å². The summed E-state index contributed by atoms with van der Waals surface area (Å²) in [4.78, 5) is 14.1. The first kappa shape index (κ1) is 16.8.